The topological polar surface area (TPSA) is 127 Å². The Kier molecular flexibility index (Phi) is 12.2. The number of carbonyl (C=O) groups is 2. The number of alkyl halides is 3. The van der Waals surface area contributed by atoms with E-state index in [1.54, 1.807) is 13.3 Å². The summed E-state index contributed by atoms with van der Waals surface area (Å²) in [5.41, 5.74) is 3.87. The van der Waals surface area contributed by atoms with Crippen molar-refractivity contribution in [2.24, 2.45) is 17.6 Å². The molecule has 2 amide bonds. The fraction of sp³-hybridized carbons (Fsp3) is 0.536. The summed E-state index contributed by atoms with van der Waals surface area (Å²) in [6.07, 6.45) is 2.50. The zero-order chi connectivity index (χ0) is 29.1. The molecular formula is C28H39F3N4O4. The number of hydrogen-bond acceptors (Lipinski definition) is 6. The van der Waals surface area contributed by atoms with Gasteiger partial charge in [0.25, 0.3) is 5.91 Å². The molecule has 0 bridgehead atoms. The third-order valence-corrected chi connectivity index (χ3v) is 6.82. The van der Waals surface area contributed by atoms with E-state index in [4.69, 9.17) is 10.5 Å². The second kappa shape index (κ2) is 14.8. The molecule has 1 fully saturated rings. The standard InChI is InChI=1S/C18H30N2O2.C10H9F3N2O2/c1-4-5-9-19-10-8-15-12-18(21,11-14(15)2)16-6-7-17(22-3)20-13-16;11-10(12,13)7-3-1-2-6(4-7)9(17)15-5-8(14)16/h6-7,13-15,19,21H,4-5,8-12H2,1-3H3;1-4H,5H2,(H2,14,16)(H,15,17). The van der Waals surface area contributed by atoms with E-state index in [1.165, 1.54) is 18.9 Å². The Hall–Kier alpha value is -3.18. The number of primary amides is 1. The zero-order valence-electron chi connectivity index (χ0n) is 22.7. The third kappa shape index (κ3) is 10.1. The first kappa shape index (κ1) is 32.0. The molecule has 0 spiro atoms. The summed E-state index contributed by atoms with van der Waals surface area (Å²) in [5, 5.41) is 16.6. The van der Waals surface area contributed by atoms with Gasteiger partial charge in [-0.2, -0.15) is 13.2 Å². The van der Waals surface area contributed by atoms with Crippen molar-refractivity contribution < 1.29 is 32.6 Å². The highest BCUT2D eigenvalue weighted by Gasteiger charge is 2.43. The average Bonchev–Trinajstić information content (AvgIpc) is 3.21. The van der Waals surface area contributed by atoms with Crippen LogP contribution >= 0.6 is 0 Å². The number of carbonyl (C=O) groups excluding carboxylic acids is 2. The molecule has 5 N–H and O–H groups in total. The number of nitrogens with one attached hydrogen (secondary N) is 2. The number of amides is 2. The van der Waals surface area contributed by atoms with Gasteiger partial charge in [0.1, 0.15) is 0 Å². The van der Waals surface area contributed by atoms with Crippen LogP contribution in [0.3, 0.4) is 0 Å². The Bertz CT molecular complexity index is 1070. The van der Waals surface area contributed by atoms with Crippen LogP contribution < -0.4 is 21.1 Å². The molecule has 0 saturated heterocycles. The lowest BCUT2D eigenvalue weighted by atomic mass is 9.91. The quantitative estimate of drug-likeness (QED) is 0.312. The molecule has 216 valence electrons. The van der Waals surface area contributed by atoms with Crippen LogP contribution in [0.4, 0.5) is 13.2 Å². The average molecular weight is 553 g/mol. The van der Waals surface area contributed by atoms with Crippen molar-refractivity contribution in [1.82, 2.24) is 15.6 Å². The van der Waals surface area contributed by atoms with Gasteiger partial charge in [-0.3, -0.25) is 9.59 Å². The number of pyridine rings is 1. The van der Waals surface area contributed by atoms with Crippen LogP contribution in [0.2, 0.25) is 0 Å². The predicted molar refractivity (Wildman–Crippen MR) is 142 cm³/mol. The molecule has 3 atom stereocenters. The SMILES string of the molecule is CCCCNCCC1CC(O)(c2ccc(OC)nc2)CC1C.NC(=O)CNC(=O)c1cccc(C(F)(F)F)c1. The minimum absolute atomic E-state index is 0.180. The fourth-order valence-electron chi connectivity index (χ4n) is 4.64. The highest BCUT2D eigenvalue weighted by atomic mass is 19.4. The van der Waals surface area contributed by atoms with Crippen LogP contribution in [0.1, 0.15) is 67.4 Å². The number of ether oxygens (including phenoxy) is 1. The number of nitrogens with two attached hydrogens (primary N) is 1. The van der Waals surface area contributed by atoms with Gasteiger partial charge in [-0.25, -0.2) is 4.98 Å². The van der Waals surface area contributed by atoms with E-state index in [-0.39, 0.29) is 5.56 Å². The van der Waals surface area contributed by atoms with Crippen molar-refractivity contribution in [3.8, 4) is 5.88 Å². The molecule has 1 aliphatic carbocycles. The molecule has 11 heteroatoms. The Balaban J connectivity index is 0.000000283. The largest absolute Gasteiger partial charge is 0.481 e. The van der Waals surface area contributed by atoms with Crippen molar-refractivity contribution in [1.29, 1.82) is 0 Å². The number of nitrogens with zero attached hydrogens (tertiary/aromatic N) is 1. The summed E-state index contributed by atoms with van der Waals surface area (Å²) in [4.78, 5) is 26.0. The zero-order valence-corrected chi connectivity index (χ0v) is 22.7. The van der Waals surface area contributed by atoms with Crippen LogP contribution in [-0.4, -0.2) is 48.6 Å². The summed E-state index contributed by atoms with van der Waals surface area (Å²) < 4.78 is 42.1. The van der Waals surface area contributed by atoms with Crippen molar-refractivity contribution in [3.05, 3.63) is 59.3 Å². The number of aliphatic hydroxyl groups is 1. The molecule has 1 aromatic heterocycles. The molecule has 1 aromatic carbocycles. The Morgan fingerprint density at radius 1 is 1.21 bits per heavy atom. The van der Waals surface area contributed by atoms with E-state index < -0.39 is 35.7 Å². The molecule has 0 radical (unpaired) electrons. The number of unbranched alkanes of at least 4 members (excludes halogenated alkanes) is 1. The normalized spacial score (nSPS) is 20.6. The van der Waals surface area contributed by atoms with Gasteiger partial charge in [-0.15, -0.1) is 0 Å². The Morgan fingerprint density at radius 2 is 1.95 bits per heavy atom. The summed E-state index contributed by atoms with van der Waals surface area (Å²) in [7, 11) is 1.61. The lowest BCUT2D eigenvalue weighted by Gasteiger charge is -2.23. The summed E-state index contributed by atoms with van der Waals surface area (Å²) in [6.45, 7) is 6.20. The third-order valence-electron chi connectivity index (χ3n) is 6.82. The van der Waals surface area contributed by atoms with Gasteiger partial charge in [-0.05, 0) is 74.9 Å². The van der Waals surface area contributed by atoms with Crippen molar-refractivity contribution in [3.63, 3.8) is 0 Å². The van der Waals surface area contributed by atoms with Gasteiger partial charge >= 0.3 is 6.18 Å². The number of methoxy groups -OCH3 is 1. The van der Waals surface area contributed by atoms with E-state index in [0.29, 0.717) is 23.8 Å². The summed E-state index contributed by atoms with van der Waals surface area (Å²) >= 11 is 0. The molecule has 3 rings (SSSR count). The van der Waals surface area contributed by atoms with Gasteiger partial charge in [0.2, 0.25) is 11.8 Å². The van der Waals surface area contributed by atoms with Crippen LogP contribution in [-0.2, 0) is 16.6 Å². The Labute approximate surface area is 227 Å². The van der Waals surface area contributed by atoms with Crippen LogP contribution in [0, 0.1) is 11.8 Å². The first-order valence-electron chi connectivity index (χ1n) is 13.1. The Morgan fingerprint density at radius 3 is 2.54 bits per heavy atom. The molecular weight excluding hydrogens is 513 g/mol. The molecule has 2 aromatic rings. The van der Waals surface area contributed by atoms with E-state index in [2.05, 4.69) is 29.5 Å². The van der Waals surface area contributed by atoms with Gasteiger partial charge in [-0.1, -0.05) is 26.3 Å². The number of hydrogen-bond donors (Lipinski definition) is 4. The monoisotopic (exact) mass is 552 g/mol. The number of aromatic nitrogens is 1. The van der Waals surface area contributed by atoms with Crippen LogP contribution in [0.5, 0.6) is 5.88 Å². The molecule has 39 heavy (non-hydrogen) atoms. The smallest absolute Gasteiger partial charge is 0.416 e. The molecule has 1 heterocycles. The molecule has 8 nitrogen and oxygen atoms in total. The lowest BCUT2D eigenvalue weighted by molar-refractivity contribution is -0.137. The van der Waals surface area contributed by atoms with Crippen LogP contribution in [0.25, 0.3) is 0 Å². The fourth-order valence-corrected chi connectivity index (χ4v) is 4.64. The lowest BCUT2D eigenvalue weighted by Crippen LogP contribution is -2.33. The highest BCUT2D eigenvalue weighted by molar-refractivity contribution is 5.96. The van der Waals surface area contributed by atoms with E-state index in [0.717, 1.165) is 50.0 Å². The van der Waals surface area contributed by atoms with Crippen molar-refractivity contribution in [2.45, 2.75) is 57.7 Å². The summed E-state index contributed by atoms with van der Waals surface area (Å²) in [6, 6.07) is 7.66. The maximum atomic E-state index is 12.3. The van der Waals surface area contributed by atoms with Gasteiger partial charge in [0.05, 0.1) is 24.8 Å². The van der Waals surface area contributed by atoms with Crippen LogP contribution in [0.15, 0.2) is 42.6 Å². The maximum absolute atomic E-state index is 12.3. The van der Waals surface area contributed by atoms with Gasteiger partial charge in [0.15, 0.2) is 0 Å². The van der Waals surface area contributed by atoms with E-state index in [1.807, 2.05) is 12.1 Å². The number of halogens is 3. The van der Waals surface area contributed by atoms with Crippen molar-refractivity contribution >= 4 is 11.8 Å². The predicted octanol–water partition coefficient (Wildman–Crippen LogP) is 4.02. The van der Waals surface area contributed by atoms with Gasteiger partial charge in [0, 0.05) is 23.4 Å². The van der Waals surface area contributed by atoms with E-state index >= 15 is 0 Å². The minimum atomic E-state index is -4.51. The highest BCUT2D eigenvalue weighted by Crippen LogP contribution is 2.46. The first-order valence-corrected chi connectivity index (χ1v) is 13.1. The maximum Gasteiger partial charge on any atom is 0.416 e. The molecule has 0 aliphatic heterocycles. The van der Waals surface area contributed by atoms with Crippen molar-refractivity contribution in [2.75, 3.05) is 26.7 Å². The van der Waals surface area contributed by atoms with Gasteiger partial charge < -0.3 is 26.2 Å². The second-order valence-electron chi connectivity index (χ2n) is 9.89. The molecule has 3 unspecified atom stereocenters. The molecule has 1 saturated carbocycles. The summed E-state index contributed by atoms with van der Waals surface area (Å²) in [5.74, 6) is 0.150. The second-order valence-corrected chi connectivity index (χ2v) is 9.89. The first-order chi connectivity index (χ1) is 18.4. The number of rotatable bonds is 11. The molecule has 1 aliphatic rings. The number of benzene rings is 1. The minimum Gasteiger partial charge on any atom is -0.481 e. The van der Waals surface area contributed by atoms with E-state index in [9.17, 15) is 27.9 Å².